The van der Waals surface area contributed by atoms with E-state index >= 15 is 0 Å². The number of amides is 1. The molecule has 1 aliphatic heterocycles. The van der Waals surface area contributed by atoms with Crippen LogP contribution in [0.4, 0.5) is 5.69 Å². The van der Waals surface area contributed by atoms with Crippen LogP contribution in [0.25, 0.3) is 11.0 Å². The van der Waals surface area contributed by atoms with E-state index in [9.17, 15) is 14.4 Å². The highest BCUT2D eigenvalue weighted by Gasteiger charge is 2.44. The Morgan fingerprint density at radius 1 is 0.930 bits per heavy atom. The van der Waals surface area contributed by atoms with Gasteiger partial charge >= 0.3 is 5.97 Å². The van der Waals surface area contributed by atoms with Gasteiger partial charge in [-0.15, -0.1) is 0 Å². The molecule has 2 heterocycles. The number of halogens is 1. The molecule has 216 valence electrons. The van der Waals surface area contributed by atoms with Crippen molar-refractivity contribution in [3.8, 4) is 11.5 Å². The highest BCUT2D eigenvalue weighted by atomic mass is 79.9. The van der Waals surface area contributed by atoms with E-state index in [-0.39, 0.29) is 23.4 Å². The van der Waals surface area contributed by atoms with E-state index in [1.807, 2.05) is 30.3 Å². The number of ether oxygens (including phenoxy) is 3. The van der Waals surface area contributed by atoms with Crippen molar-refractivity contribution in [1.82, 2.24) is 0 Å². The summed E-state index contributed by atoms with van der Waals surface area (Å²) < 4.78 is 23.6. The van der Waals surface area contributed by atoms with Gasteiger partial charge in [-0.2, -0.15) is 0 Å². The van der Waals surface area contributed by atoms with Gasteiger partial charge in [0.1, 0.15) is 12.2 Å². The van der Waals surface area contributed by atoms with Crippen molar-refractivity contribution in [1.29, 1.82) is 0 Å². The van der Waals surface area contributed by atoms with Gasteiger partial charge in [0, 0.05) is 10.2 Å². The summed E-state index contributed by atoms with van der Waals surface area (Å²) in [5.74, 6) is -0.0257. The number of esters is 1. The third kappa shape index (κ3) is 5.28. The third-order valence-corrected chi connectivity index (χ3v) is 7.72. The third-order valence-electron chi connectivity index (χ3n) is 7.23. The van der Waals surface area contributed by atoms with Crippen molar-refractivity contribution in [2.45, 2.75) is 19.6 Å². The average molecular weight is 640 g/mol. The summed E-state index contributed by atoms with van der Waals surface area (Å²) in [4.78, 5) is 41.7. The first-order valence-electron chi connectivity index (χ1n) is 13.6. The second-order valence-electron chi connectivity index (χ2n) is 9.84. The monoisotopic (exact) mass is 639 g/mol. The van der Waals surface area contributed by atoms with Crippen LogP contribution >= 0.6 is 15.9 Å². The van der Waals surface area contributed by atoms with Crippen molar-refractivity contribution in [2.24, 2.45) is 0 Å². The Kier molecular flexibility index (Phi) is 7.73. The second-order valence-corrected chi connectivity index (χ2v) is 10.8. The minimum Gasteiger partial charge on any atom is -0.493 e. The van der Waals surface area contributed by atoms with Crippen LogP contribution in [0.15, 0.2) is 105 Å². The maximum atomic E-state index is 14.0. The molecule has 0 bridgehead atoms. The summed E-state index contributed by atoms with van der Waals surface area (Å²) in [6.07, 6.45) is 0. The number of benzene rings is 4. The summed E-state index contributed by atoms with van der Waals surface area (Å²) >= 11 is 3.43. The van der Waals surface area contributed by atoms with Crippen LogP contribution < -0.4 is 19.8 Å². The summed E-state index contributed by atoms with van der Waals surface area (Å²) in [6, 6.07) is 25.8. The zero-order chi connectivity index (χ0) is 30.1. The highest BCUT2D eigenvalue weighted by Crippen LogP contribution is 2.43. The standard InChI is InChI=1S/C34H26BrNO7/c1-3-41-34(39)21-9-13-24(14-10-21)36-30(29-31(37)25-18-23(35)12-16-26(25)43-32(29)33(36)38)22-11-15-27(28(17-22)40-2)42-19-20-7-5-4-6-8-20/h4-18,30H,3,19H2,1-2H3. The lowest BCUT2D eigenvalue weighted by Gasteiger charge is -2.26. The Balaban J connectivity index is 1.47. The number of carbonyl (C=O) groups is 2. The zero-order valence-electron chi connectivity index (χ0n) is 23.3. The predicted octanol–water partition coefficient (Wildman–Crippen LogP) is 7.07. The quantitative estimate of drug-likeness (QED) is 0.168. The van der Waals surface area contributed by atoms with Crippen molar-refractivity contribution in [2.75, 3.05) is 18.6 Å². The molecule has 9 heteroatoms. The fraction of sp³-hybridized carbons (Fsp3) is 0.147. The number of rotatable bonds is 8. The van der Waals surface area contributed by atoms with Gasteiger partial charge in [-0.1, -0.05) is 52.3 Å². The number of carbonyl (C=O) groups excluding carboxylic acids is 2. The molecule has 43 heavy (non-hydrogen) atoms. The van der Waals surface area contributed by atoms with Crippen LogP contribution in [0.1, 0.15) is 50.6 Å². The Hall–Kier alpha value is -4.89. The SMILES string of the molecule is CCOC(=O)c1ccc(N2C(=O)c3oc4ccc(Br)cc4c(=O)c3C2c2ccc(OCc3ccccc3)c(OC)c2)cc1. The van der Waals surface area contributed by atoms with Crippen LogP contribution in [-0.2, 0) is 11.3 Å². The highest BCUT2D eigenvalue weighted by molar-refractivity contribution is 9.10. The molecular weight excluding hydrogens is 614 g/mol. The first-order valence-corrected chi connectivity index (χ1v) is 14.4. The smallest absolute Gasteiger partial charge is 0.338 e. The number of methoxy groups -OCH3 is 1. The van der Waals surface area contributed by atoms with Gasteiger partial charge in [-0.25, -0.2) is 4.79 Å². The number of fused-ring (bicyclic) bond motifs is 2. The molecule has 1 aromatic heterocycles. The van der Waals surface area contributed by atoms with Gasteiger partial charge in [0.2, 0.25) is 5.76 Å². The molecule has 0 fully saturated rings. The molecule has 0 spiro atoms. The number of hydrogen-bond acceptors (Lipinski definition) is 7. The Bertz CT molecular complexity index is 1900. The first kappa shape index (κ1) is 28.2. The van der Waals surface area contributed by atoms with Crippen LogP contribution in [0.3, 0.4) is 0 Å². The average Bonchev–Trinajstić information content (AvgIpc) is 3.33. The van der Waals surface area contributed by atoms with E-state index in [2.05, 4.69) is 15.9 Å². The van der Waals surface area contributed by atoms with E-state index < -0.39 is 17.9 Å². The number of anilines is 1. The van der Waals surface area contributed by atoms with Crippen molar-refractivity contribution >= 4 is 44.5 Å². The molecule has 5 aromatic rings. The molecule has 1 aliphatic rings. The molecular formula is C34H26BrNO7. The lowest BCUT2D eigenvalue weighted by molar-refractivity contribution is 0.0526. The molecule has 4 aromatic carbocycles. The molecule has 0 saturated heterocycles. The predicted molar refractivity (Wildman–Crippen MR) is 165 cm³/mol. The van der Waals surface area contributed by atoms with Gasteiger partial charge in [0.05, 0.1) is 36.3 Å². The Morgan fingerprint density at radius 3 is 2.42 bits per heavy atom. The van der Waals surface area contributed by atoms with E-state index in [1.54, 1.807) is 67.6 Å². The Morgan fingerprint density at radius 2 is 1.70 bits per heavy atom. The summed E-state index contributed by atoms with van der Waals surface area (Å²) in [5.41, 5.74) is 2.64. The lowest BCUT2D eigenvalue weighted by Crippen LogP contribution is -2.29. The van der Waals surface area contributed by atoms with Gasteiger partial charge < -0.3 is 18.6 Å². The van der Waals surface area contributed by atoms with Gasteiger partial charge in [0.25, 0.3) is 5.91 Å². The van der Waals surface area contributed by atoms with Crippen LogP contribution in [-0.4, -0.2) is 25.6 Å². The van der Waals surface area contributed by atoms with E-state index in [4.69, 9.17) is 18.6 Å². The first-order chi connectivity index (χ1) is 20.9. The van der Waals surface area contributed by atoms with E-state index in [1.165, 1.54) is 12.0 Å². The molecule has 1 unspecified atom stereocenters. The summed E-state index contributed by atoms with van der Waals surface area (Å²) in [6.45, 7) is 2.31. The fourth-order valence-corrected chi connectivity index (χ4v) is 5.57. The molecule has 1 amide bonds. The lowest BCUT2D eigenvalue weighted by atomic mass is 9.97. The normalized spacial score (nSPS) is 14.1. The largest absolute Gasteiger partial charge is 0.493 e. The van der Waals surface area contributed by atoms with Gasteiger partial charge in [0.15, 0.2) is 16.9 Å². The van der Waals surface area contributed by atoms with Crippen molar-refractivity contribution < 1.29 is 28.2 Å². The number of nitrogens with zero attached hydrogens (tertiary/aromatic N) is 1. The molecule has 0 aliphatic carbocycles. The maximum absolute atomic E-state index is 14.0. The minimum atomic E-state index is -0.840. The molecule has 0 radical (unpaired) electrons. The maximum Gasteiger partial charge on any atom is 0.338 e. The van der Waals surface area contributed by atoms with Crippen LogP contribution in [0.2, 0.25) is 0 Å². The molecule has 0 N–H and O–H groups in total. The molecule has 1 atom stereocenters. The van der Waals surface area contributed by atoms with E-state index in [0.717, 1.165) is 5.56 Å². The number of hydrogen-bond donors (Lipinski definition) is 0. The second kappa shape index (κ2) is 11.8. The summed E-state index contributed by atoms with van der Waals surface area (Å²) in [7, 11) is 1.54. The van der Waals surface area contributed by atoms with Crippen molar-refractivity contribution in [3.63, 3.8) is 0 Å². The zero-order valence-corrected chi connectivity index (χ0v) is 24.9. The van der Waals surface area contributed by atoms with E-state index in [0.29, 0.717) is 50.4 Å². The summed E-state index contributed by atoms with van der Waals surface area (Å²) in [5, 5.41) is 0.347. The minimum absolute atomic E-state index is 0.0392. The molecule has 0 saturated carbocycles. The Labute approximate surface area is 255 Å². The van der Waals surface area contributed by atoms with Crippen LogP contribution in [0, 0.1) is 0 Å². The van der Waals surface area contributed by atoms with Gasteiger partial charge in [-0.05, 0) is 72.6 Å². The van der Waals surface area contributed by atoms with Gasteiger partial charge in [-0.3, -0.25) is 14.5 Å². The molecule has 8 nitrogen and oxygen atoms in total. The van der Waals surface area contributed by atoms with Crippen LogP contribution in [0.5, 0.6) is 11.5 Å². The topological polar surface area (TPSA) is 95.3 Å². The van der Waals surface area contributed by atoms with Crippen molar-refractivity contribution in [3.05, 3.63) is 134 Å². The molecule has 6 rings (SSSR count). The fourth-order valence-electron chi connectivity index (χ4n) is 5.21.